The molecule has 0 saturated carbocycles. The van der Waals surface area contributed by atoms with Crippen LogP contribution in [0.25, 0.3) is 11.0 Å². The van der Waals surface area contributed by atoms with Crippen LogP contribution in [-0.4, -0.2) is 18.0 Å². The molecule has 1 aromatic carbocycles. The van der Waals surface area contributed by atoms with Gasteiger partial charge >= 0.3 is 0 Å². The maximum absolute atomic E-state index is 12.7. The highest BCUT2D eigenvalue weighted by molar-refractivity contribution is 7.15. The molecule has 0 unspecified atom stereocenters. The maximum Gasteiger partial charge on any atom is 0.293 e. The summed E-state index contributed by atoms with van der Waals surface area (Å²) in [6.07, 6.45) is 5.70. The van der Waals surface area contributed by atoms with Crippen LogP contribution in [0.1, 0.15) is 46.0 Å². The topological polar surface area (TPSA) is 64.4 Å². The Bertz CT molecular complexity index is 918. The summed E-state index contributed by atoms with van der Waals surface area (Å²) in [4.78, 5) is 18.6. The number of carbonyl (C=O) groups excluding carboxylic acids is 1. The van der Waals surface area contributed by atoms with E-state index in [1.165, 1.54) is 24.1 Å². The molecule has 6 heteroatoms. The second kappa shape index (κ2) is 6.52. The van der Waals surface area contributed by atoms with Crippen molar-refractivity contribution in [2.75, 3.05) is 12.4 Å². The minimum atomic E-state index is -0.253. The molecule has 1 aliphatic carbocycles. The Morgan fingerprint density at radius 1 is 1.28 bits per heavy atom. The van der Waals surface area contributed by atoms with E-state index in [2.05, 4.69) is 10.3 Å². The predicted octanol–water partition coefficient (Wildman–Crippen LogP) is 4.73. The van der Waals surface area contributed by atoms with Gasteiger partial charge in [0.1, 0.15) is 11.3 Å². The van der Waals surface area contributed by atoms with Crippen molar-refractivity contribution in [1.29, 1.82) is 0 Å². The zero-order chi connectivity index (χ0) is 17.4. The number of thiazole rings is 1. The van der Waals surface area contributed by atoms with E-state index in [0.29, 0.717) is 16.5 Å². The first-order chi connectivity index (χ1) is 12.2. The number of hydrogen-bond acceptors (Lipinski definition) is 5. The van der Waals surface area contributed by atoms with Crippen molar-refractivity contribution in [3.05, 3.63) is 40.1 Å². The van der Waals surface area contributed by atoms with Crippen molar-refractivity contribution in [3.63, 3.8) is 0 Å². The molecule has 5 nitrogen and oxygen atoms in total. The second-order valence-corrected chi connectivity index (χ2v) is 7.41. The minimum Gasteiger partial charge on any atom is -0.497 e. The number of methoxy groups -OCH3 is 1. The van der Waals surface area contributed by atoms with Gasteiger partial charge in [-0.15, -0.1) is 11.3 Å². The highest BCUT2D eigenvalue weighted by atomic mass is 32.1. The van der Waals surface area contributed by atoms with E-state index in [-0.39, 0.29) is 5.91 Å². The summed E-state index contributed by atoms with van der Waals surface area (Å²) in [7, 11) is 1.62. The van der Waals surface area contributed by atoms with Gasteiger partial charge in [0.15, 0.2) is 10.9 Å². The van der Waals surface area contributed by atoms with E-state index in [1.807, 2.05) is 25.1 Å². The van der Waals surface area contributed by atoms with Crippen molar-refractivity contribution >= 4 is 33.3 Å². The van der Waals surface area contributed by atoms with Crippen LogP contribution in [0.2, 0.25) is 0 Å². The largest absolute Gasteiger partial charge is 0.497 e. The molecular weight excluding hydrogens is 336 g/mol. The van der Waals surface area contributed by atoms with E-state index in [4.69, 9.17) is 9.15 Å². The number of hydrogen-bond donors (Lipinski definition) is 1. The fourth-order valence-electron chi connectivity index (χ4n) is 3.28. The summed E-state index contributed by atoms with van der Waals surface area (Å²) in [6, 6.07) is 5.53. The number of ether oxygens (including phenoxy) is 1. The average Bonchev–Trinajstić information content (AvgIpc) is 3.07. The van der Waals surface area contributed by atoms with Gasteiger partial charge in [-0.2, -0.15) is 0 Å². The second-order valence-electron chi connectivity index (χ2n) is 6.32. The lowest BCUT2D eigenvalue weighted by Gasteiger charge is -2.00. The Kier molecular flexibility index (Phi) is 4.21. The molecule has 4 rings (SSSR count). The summed E-state index contributed by atoms with van der Waals surface area (Å²) in [5.41, 5.74) is 2.63. The quantitative estimate of drug-likeness (QED) is 0.689. The van der Waals surface area contributed by atoms with Crippen LogP contribution in [0.3, 0.4) is 0 Å². The Labute approximate surface area is 150 Å². The average molecular weight is 356 g/mol. The number of aromatic nitrogens is 1. The van der Waals surface area contributed by atoms with Gasteiger partial charge in [0.2, 0.25) is 0 Å². The normalized spacial score (nSPS) is 14.2. The van der Waals surface area contributed by atoms with Gasteiger partial charge in [-0.3, -0.25) is 10.1 Å². The molecule has 0 atom stereocenters. The van der Waals surface area contributed by atoms with Crippen molar-refractivity contribution in [2.24, 2.45) is 0 Å². The lowest BCUT2D eigenvalue weighted by molar-refractivity contribution is 0.0998. The summed E-state index contributed by atoms with van der Waals surface area (Å²) in [5.74, 6) is 0.817. The molecule has 0 bridgehead atoms. The van der Waals surface area contributed by atoms with Crippen molar-refractivity contribution in [2.45, 2.75) is 39.0 Å². The van der Waals surface area contributed by atoms with Crippen molar-refractivity contribution in [1.82, 2.24) is 4.98 Å². The number of carbonyl (C=O) groups is 1. The SMILES string of the molecule is COc1ccc2oc(C(=O)Nc3nc4c(s3)CCCCC4)c(C)c2c1. The number of aryl methyl sites for hydroxylation is 3. The first-order valence-corrected chi connectivity index (χ1v) is 9.34. The fraction of sp³-hybridized carbons (Fsp3) is 0.368. The molecule has 25 heavy (non-hydrogen) atoms. The maximum atomic E-state index is 12.7. The number of furan rings is 1. The predicted molar refractivity (Wildman–Crippen MR) is 98.8 cm³/mol. The number of nitrogens with zero attached hydrogens (tertiary/aromatic N) is 1. The fourth-order valence-corrected chi connectivity index (χ4v) is 4.32. The number of fused-ring (bicyclic) bond motifs is 2. The van der Waals surface area contributed by atoms with Crippen molar-refractivity contribution < 1.29 is 13.9 Å². The Hall–Kier alpha value is -2.34. The summed E-state index contributed by atoms with van der Waals surface area (Å²) < 4.78 is 11.0. The smallest absolute Gasteiger partial charge is 0.293 e. The zero-order valence-electron chi connectivity index (χ0n) is 14.3. The molecule has 0 radical (unpaired) electrons. The molecule has 3 aromatic rings. The third kappa shape index (κ3) is 3.02. The first-order valence-electron chi connectivity index (χ1n) is 8.53. The number of rotatable bonds is 3. The molecule has 0 spiro atoms. The highest BCUT2D eigenvalue weighted by Crippen LogP contribution is 2.31. The summed E-state index contributed by atoms with van der Waals surface area (Å²) in [5, 5.41) is 4.46. The lowest BCUT2D eigenvalue weighted by atomic mass is 10.1. The summed E-state index contributed by atoms with van der Waals surface area (Å²) in [6.45, 7) is 1.89. The minimum absolute atomic E-state index is 0.253. The summed E-state index contributed by atoms with van der Waals surface area (Å²) >= 11 is 1.59. The van der Waals surface area contributed by atoms with Crippen LogP contribution in [0.5, 0.6) is 5.75 Å². The molecule has 0 saturated heterocycles. The first kappa shape index (κ1) is 16.1. The molecule has 2 heterocycles. The number of benzene rings is 1. The van der Waals surface area contributed by atoms with E-state index in [9.17, 15) is 4.79 Å². The number of nitrogens with one attached hydrogen (secondary N) is 1. The number of anilines is 1. The van der Waals surface area contributed by atoms with Crippen LogP contribution < -0.4 is 10.1 Å². The van der Waals surface area contributed by atoms with Gasteiger partial charge in [-0.25, -0.2) is 4.98 Å². The molecular formula is C19H20N2O3S. The van der Waals surface area contributed by atoms with Gasteiger partial charge in [0.05, 0.1) is 12.8 Å². The number of amides is 1. The highest BCUT2D eigenvalue weighted by Gasteiger charge is 2.21. The van der Waals surface area contributed by atoms with E-state index in [1.54, 1.807) is 18.4 Å². The van der Waals surface area contributed by atoms with Crippen LogP contribution in [0.4, 0.5) is 5.13 Å². The van der Waals surface area contributed by atoms with Gasteiger partial charge in [-0.1, -0.05) is 6.42 Å². The molecule has 0 aliphatic heterocycles. The van der Waals surface area contributed by atoms with Gasteiger partial charge in [-0.05, 0) is 50.8 Å². The van der Waals surface area contributed by atoms with Crippen molar-refractivity contribution in [3.8, 4) is 5.75 Å². The van der Waals surface area contributed by atoms with Gasteiger partial charge < -0.3 is 9.15 Å². The van der Waals surface area contributed by atoms with E-state index < -0.39 is 0 Å². The van der Waals surface area contributed by atoms with Crippen LogP contribution in [0, 0.1) is 6.92 Å². The molecule has 1 N–H and O–H groups in total. The molecule has 0 fully saturated rings. The Morgan fingerprint density at radius 2 is 2.12 bits per heavy atom. The van der Waals surface area contributed by atoms with Crippen LogP contribution in [-0.2, 0) is 12.8 Å². The Balaban J connectivity index is 1.61. The lowest BCUT2D eigenvalue weighted by Crippen LogP contribution is -2.12. The monoisotopic (exact) mass is 356 g/mol. The van der Waals surface area contributed by atoms with Crippen LogP contribution in [0.15, 0.2) is 22.6 Å². The molecule has 1 amide bonds. The third-order valence-corrected chi connectivity index (χ3v) is 5.74. The van der Waals surface area contributed by atoms with Gasteiger partial charge in [0, 0.05) is 15.8 Å². The van der Waals surface area contributed by atoms with E-state index in [0.717, 1.165) is 35.2 Å². The van der Waals surface area contributed by atoms with Crippen LogP contribution >= 0.6 is 11.3 Å². The molecule has 2 aromatic heterocycles. The van der Waals surface area contributed by atoms with Gasteiger partial charge in [0.25, 0.3) is 5.91 Å². The molecule has 130 valence electrons. The molecule has 1 aliphatic rings. The van der Waals surface area contributed by atoms with E-state index >= 15 is 0 Å². The zero-order valence-corrected chi connectivity index (χ0v) is 15.2. The third-order valence-electron chi connectivity index (χ3n) is 4.67. The Morgan fingerprint density at radius 3 is 2.96 bits per heavy atom. The standard InChI is InChI=1S/C19H20N2O3S/c1-11-13-10-12(23-2)8-9-15(13)24-17(11)18(22)21-19-20-14-6-4-3-5-7-16(14)25-19/h8-10H,3-7H2,1-2H3,(H,20,21,22).